The summed E-state index contributed by atoms with van der Waals surface area (Å²) in [5, 5.41) is 3.94. The molecule has 1 heterocycles. The molecule has 3 aromatic carbocycles. The molecule has 0 aliphatic rings. The van der Waals surface area contributed by atoms with Crippen LogP contribution in [0.25, 0.3) is 11.0 Å². The molecule has 0 saturated heterocycles. The van der Waals surface area contributed by atoms with Crippen molar-refractivity contribution in [1.82, 2.24) is 5.32 Å². The summed E-state index contributed by atoms with van der Waals surface area (Å²) in [5.74, 6) is 0.593. The molecule has 0 bridgehead atoms. The van der Waals surface area contributed by atoms with Crippen LogP contribution in [0.5, 0.6) is 5.75 Å². The zero-order chi connectivity index (χ0) is 19.5. The number of amides is 1. The maximum absolute atomic E-state index is 13.0. The molecule has 1 amide bonds. The smallest absolute Gasteiger partial charge is 0.287 e. The zero-order valence-corrected chi connectivity index (χ0v) is 15.8. The van der Waals surface area contributed by atoms with Gasteiger partial charge in [-0.2, -0.15) is 0 Å². The number of hydrogen-bond acceptors (Lipinski definition) is 3. The summed E-state index contributed by atoms with van der Waals surface area (Å²) < 4.78 is 11.1. The van der Waals surface area contributed by atoms with Gasteiger partial charge in [0.1, 0.15) is 0 Å². The highest BCUT2D eigenvalue weighted by Crippen LogP contribution is 2.29. The van der Waals surface area contributed by atoms with Crippen LogP contribution in [-0.4, -0.2) is 13.0 Å². The zero-order valence-electron chi connectivity index (χ0n) is 15.8. The summed E-state index contributed by atoms with van der Waals surface area (Å²) in [4.78, 5) is 13.0. The van der Waals surface area contributed by atoms with Gasteiger partial charge in [-0.25, -0.2) is 0 Å². The van der Waals surface area contributed by atoms with Gasteiger partial charge < -0.3 is 14.5 Å². The number of carbonyl (C=O) groups is 1. The molecule has 0 fully saturated rings. The van der Waals surface area contributed by atoms with Gasteiger partial charge in [0.15, 0.2) is 17.1 Å². The second kappa shape index (κ2) is 7.61. The van der Waals surface area contributed by atoms with Gasteiger partial charge in [-0.05, 0) is 30.2 Å². The lowest BCUT2D eigenvalue weighted by molar-refractivity contribution is 0.0917. The van der Waals surface area contributed by atoms with Crippen molar-refractivity contribution in [1.29, 1.82) is 0 Å². The number of ether oxygens (including phenoxy) is 1. The number of rotatable bonds is 5. The molecule has 0 aliphatic carbocycles. The first-order chi connectivity index (χ1) is 13.7. The molecule has 4 nitrogen and oxygen atoms in total. The van der Waals surface area contributed by atoms with Crippen molar-refractivity contribution in [3.63, 3.8) is 0 Å². The van der Waals surface area contributed by atoms with Gasteiger partial charge in [0, 0.05) is 5.39 Å². The molecule has 0 radical (unpaired) electrons. The summed E-state index contributed by atoms with van der Waals surface area (Å²) in [6, 6.07) is 25.1. The molecule has 1 unspecified atom stereocenters. The van der Waals surface area contributed by atoms with E-state index < -0.39 is 0 Å². The van der Waals surface area contributed by atoms with Gasteiger partial charge in [0.05, 0.1) is 13.2 Å². The first kappa shape index (κ1) is 17.9. The Morgan fingerprint density at radius 3 is 2.36 bits per heavy atom. The fourth-order valence-electron chi connectivity index (χ4n) is 3.27. The van der Waals surface area contributed by atoms with E-state index in [4.69, 9.17) is 9.15 Å². The number of carbonyl (C=O) groups excluding carboxylic acids is 1. The van der Waals surface area contributed by atoms with Crippen molar-refractivity contribution in [2.24, 2.45) is 0 Å². The van der Waals surface area contributed by atoms with Crippen LogP contribution in [0.1, 0.15) is 33.3 Å². The Morgan fingerprint density at radius 1 is 0.929 bits per heavy atom. The Labute approximate surface area is 163 Å². The van der Waals surface area contributed by atoms with E-state index in [2.05, 4.69) is 5.32 Å². The Morgan fingerprint density at radius 2 is 1.64 bits per heavy atom. The number of benzene rings is 3. The van der Waals surface area contributed by atoms with Crippen LogP contribution in [-0.2, 0) is 0 Å². The van der Waals surface area contributed by atoms with E-state index >= 15 is 0 Å². The van der Waals surface area contributed by atoms with E-state index in [1.54, 1.807) is 13.2 Å². The second-order valence-electron chi connectivity index (χ2n) is 6.72. The predicted molar refractivity (Wildman–Crippen MR) is 110 cm³/mol. The number of para-hydroxylation sites is 1. The Kier molecular flexibility index (Phi) is 4.85. The first-order valence-electron chi connectivity index (χ1n) is 9.14. The van der Waals surface area contributed by atoms with Crippen molar-refractivity contribution >= 4 is 16.9 Å². The monoisotopic (exact) mass is 371 g/mol. The molecule has 0 aliphatic heterocycles. The average Bonchev–Trinajstić information content (AvgIpc) is 3.18. The highest BCUT2D eigenvalue weighted by Gasteiger charge is 2.21. The quantitative estimate of drug-likeness (QED) is 0.520. The Balaban J connectivity index is 1.68. The van der Waals surface area contributed by atoms with Crippen molar-refractivity contribution in [3.8, 4) is 5.75 Å². The van der Waals surface area contributed by atoms with Gasteiger partial charge in [-0.15, -0.1) is 0 Å². The van der Waals surface area contributed by atoms with Crippen LogP contribution in [0.2, 0.25) is 0 Å². The minimum atomic E-state index is -0.274. The van der Waals surface area contributed by atoms with Crippen LogP contribution in [0, 0.1) is 6.92 Å². The van der Waals surface area contributed by atoms with E-state index in [0.29, 0.717) is 11.3 Å². The molecule has 28 heavy (non-hydrogen) atoms. The van der Waals surface area contributed by atoms with Gasteiger partial charge in [-0.1, -0.05) is 72.3 Å². The van der Waals surface area contributed by atoms with Crippen LogP contribution >= 0.6 is 0 Å². The normalized spacial score (nSPS) is 11.9. The highest BCUT2D eigenvalue weighted by atomic mass is 16.5. The van der Waals surface area contributed by atoms with Crippen LogP contribution in [0.3, 0.4) is 0 Å². The van der Waals surface area contributed by atoms with E-state index in [-0.39, 0.29) is 17.7 Å². The van der Waals surface area contributed by atoms with E-state index in [0.717, 1.165) is 16.5 Å². The Hall–Kier alpha value is -3.53. The second-order valence-corrected chi connectivity index (χ2v) is 6.72. The maximum atomic E-state index is 13.0. The lowest BCUT2D eigenvalue weighted by Gasteiger charge is -2.19. The number of nitrogens with one attached hydrogen (secondary N) is 1. The van der Waals surface area contributed by atoms with Crippen molar-refractivity contribution in [3.05, 3.63) is 101 Å². The first-order valence-corrected chi connectivity index (χ1v) is 9.14. The topological polar surface area (TPSA) is 51.5 Å². The summed E-state index contributed by atoms with van der Waals surface area (Å²) in [5.41, 5.74) is 3.76. The molecular formula is C24H21NO3. The minimum Gasteiger partial charge on any atom is -0.493 e. The summed E-state index contributed by atoms with van der Waals surface area (Å²) >= 11 is 0. The summed E-state index contributed by atoms with van der Waals surface area (Å²) in [7, 11) is 1.58. The number of aryl methyl sites for hydroxylation is 1. The van der Waals surface area contributed by atoms with Gasteiger partial charge >= 0.3 is 0 Å². The molecule has 0 saturated carbocycles. The largest absolute Gasteiger partial charge is 0.493 e. The van der Waals surface area contributed by atoms with E-state index in [1.165, 1.54) is 5.56 Å². The molecule has 140 valence electrons. The number of fused-ring (bicyclic) bond motifs is 1. The van der Waals surface area contributed by atoms with Gasteiger partial charge in [0.25, 0.3) is 5.91 Å². The van der Waals surface area contributed by atoms with Crippen LogP contribution in [0.15, 0.2) is 83.3 Å². The van der Waals surface area contributed by atoms with Crippen molar-refractivity contribution in [2.75, 3.05) is 7.11 Å². The van der Waals surface area contributed by atoms with E-state index in [9.17, 15) is 4.79 Å². The SMILES string of the molecule is COc1cccc2cc(C(=O)NC(c3ccccc3)c3ccc(C)cc3)oc12. The van der Waals surface area contributed by atoms with E-state index in [1.807, 2.05) is 79.7 Å². The maximum Gasteiger partial charge on any atom is 0.287 e. The number of furan rings is 1. The standard InChI is InChI=1S/C24H21NO3/c1-16-11-13-18(14-12-16)22(17-7-4-3-5-8-17)25-24(26)21-15-19-9-6-10-20(27-2)23(19)28-21/h3-15,22H,1-2H3,(H,25,26). The molecule has 4 rings (SSSR count). The lowest BCUT2D eigenvalue weighted by Crippen LogP contribution is -2.29. The molecule has 4 aromatic rings. The lowest BCUT2D eigenvalue weighted by atomic mass is 9.97. The van der Waals surface area contributed by atoms with Gasteiger partial charge in [0.2, 0.25) is 0 Å². The van der Waals surface area contributed by atoms with Crippen molar-refractivity contribution in [2.45, 2.75) is 13.0 Å². The molecular weight excluding hydrogens is 350 g/mol. The fourth-order valence-corrected chi connectivity index (χ4v) is 3.27. The average molecular weight is 371 g/mol. The summed E-state index contributed by atoms with van der Waals surface area (Å²) in [6.07, 6.45) is 0. The molecule has 0 spiro atoms. The predicted octanol–water partition coefficient (Wildman–Crippen LogP) is 5.27. The third-order valence-electron chi connectivity index (χ3n) is 4.77. The third-order valence-corrected chi connectivity index (χ3v) is 4.77. The fraction of sp³-hybridized carbons (Fsp3) is 0.125. The number of hydrogen-bond donors (Lipinski definition) is 1. The Bertz CT molecular complexity index is 1100. The minimum absolute atomic E-state index is 0.257. The van der Waals surface area contributed by atoms with Crippen LogP contribution in [0.4, 0.5) is 0 Å². The number of methoxy groups -OCH3 is 1. The highest BCUT2D eigenvalue weighted by molar-refractivity contribution is 5.97. The van der Waals surface area contributed by atoms with Crippen LogP contribution < -0.4 is 10.1 Å². The summed E-state index contributed by atoms with van der Waals surface area (Å²) in [6.45, 7) is 2.04. The molecule has 1 aromatic heterocycles. The molecule has 1 atom stereocenters. The van der Waals surface area contributed by atoms with Gasteiger partial charge in [-0.3, -0.25) is 4.79 Å². The van der Waals surface area contributed by atoms with Crippen molar-refractivity contribution < 1.29 is 13.9 Å². The third kappa shape index (κ3) is 3.49. The molecule has 4 heteroatoms. The molecule has 1 N–H and O–H groups in total.